The van der Waals surface area contributed by atoms with Gasteiger partial charge in [-0.3, -0.25) is 10.1 Å². The molecule has 3 amide bonds. The van der Waals surface area contributed by atoms with Crippen LogP contribution in [0.5, 0.6) is 5.75 Å². The standard InChI is InChI=1S/C28H34F3N7O5S/c1-27(2,3)19-9-12-21(13-10-19)38(16-17-5-7-18(8-6-17)24(39)33-25-34-36-37-35-25)26(40)32-20-11-14-22(43-28(29,30)31)23(15-20)44(4,41)42/h5-8,11,14-15,19,21H,9-10,12-13,16H2,1-4H3,(H,32,40)(H2,33,34,35,36,37,39). The van der Waals surface area contributed by atoms with E-state index in [9.17, 15) is 31.2 Å². The lowest BCUT2D eigenvalue weighted by atomic mass is 9.71. The first-order chi connectivity index (χ1) is 20.5. The molecule has 0 bridgehead atoms. The molecular weight excluding hydrogens is 603 g/mol. The van der Waals surface area contributed by atoms with Crippen molar-refractivity contribution in [3.63, 3.8) is 0 Å². The summed E-state index contributed by atoms with van der Waals surface area (Å²) in [6.45, 7) is 6.72. The SMILES string of the molecule is CC(C)(C)C1CCC(N(Cc2ccc(C(=O)Nc3nn[nH]n3)cc2)C(=O)Nc2ccc(OC(F)(F)F)c(S(C)(=O)=O)c2)CC1. The quantitative estimate of drug-likeness (QED) is 0.296. The number of H-pyrrole nitrogens is 1. The minimum Gasteiger partial charge on any atom is -0.404 e. The van der Waals surface area contributed by atoms with Gasteiger partial charge in [-0.05, 0) is 78.1 Å². The zero-order valence-corrected chi connectivity index (χ0v) is 25.4. The number of nitrogens with zero attached hydrogens (tertiary/aromatic N) is 4. The second-order valence-corrected chi connectivity index (χ2v) is 13.8. The van der Waals surface area contributed by atoms with Gasteiger partial charge >= 0.3 is 12.4 Å². The summed E-state index contributed by atoms with van der Waals surface area (Å²) in [4.78, 5) is 27.1. The van der Waals surface area contributed by atoms with Gasteiger partial charge in [0.1, 0.15) is 10.6 Å². The summed E-state index contributed by atoms with van der Waals surface area (Å²) >= 11 is 0. The molecule has 1 saturated carbocycles. The van der Waals surface area contributed by atoms with Crippen LogP contribution in [0.1, 0.15) is 62.4 Å². The van der Waals surface area contributed by atoms with E-state index in [0.717, 1.165) is 55.7 Å². The van der Waals surface area contributed by atoms with Crippen molar-refractivity contribution < 1.29 is 35.9 Å². The van der Waals surface area contributed by atoms with Crippen LogP contribution in [0.4, 0.5) is 29.6 Å². The van der Waals surface area contributed by atoms with Gasteiger partial charge in [-0.1, -0.05) is 38.0 Å². The normalized spacial score (nSPS) is 17.5. The van der Waals surface area contributed by atoms with Crippen LogP contribution in [-0.2, 0) is 16.4 Å². The number of anilines is 2. The molecule has 3 N–H and O–H groups in total. The molecule has 238 valence electrons. The van der Waals surface area contributed by atoms with E-state index < -0.39 is 38.8 Å². The van der Waals surface area contributed by atoms with E-state index in [1.807, 2.05) is 0 Å². The largest absolute Gasteiger partial charge is 0.573 e. The van der Waals surface area contributed by atoms with Crippen LogP contribution in [-0.4, -0.2) is 64.5 Å². The fraction of sp³-hybridized carbons (Fsp3) is 0.464. The number of amides is 3. The van der Waals surface area contributed by atoms with Crippen LogP contribution in [0.15, 0.2) is 47.4 Å². The summed E-state index contributed by atoms with van der Waals surface area (Å²) in [6, 6.07) is 8.85. The molecule has 0 atom stereocenters. The predicted molar refractivity (Wildman–Crippen MR) is 155 cm³/mol. The monoisotopic (exact) mass is 637 g/mol. The van der Waals surface area contributed by atoms with Crippen LogP contribution >= 0.6 is 0 Å². The van der Waals surface area contributed by atoms with Crippen molar-refractivity contribution in [3.05, 3.63) is 53.6 Å². The number of carbonyl (C=O) groups is 2. The molecule has 0 radical (unpaired) electrons. The molecule has 1 heterocycles. The predicted octanol–water partition coefficient (Wildman–Crippen LogP) is 5.39. The number of hydrogen-bond donors (Lipinski definition) is 3. The summed E-state index contributed by atoms with van der Waals surface area (Å²) in [5, 5.41) is 18.1. The van der Waals surface area contributed by atoms with Gasteiger partial charge in [0.25, 0.3) is 11.9 Å². The first-order valence-electron chi connectivity index (χ1n) is 13.8. The third kappa shape index (κ3) is 8.67. The Labute approximate surface area is 252 Å². The lowest BCUT2D eigenvalue weighted by Gasteiger charge is -2.41. The number of aromatic amines is 1. The number of carbonyl (C=O) groups excluding carboxylic acids is 2. The van der Waals surface area contributed by atoms with E-state index in [4.69, 9.17) is 0 Å². The number of hydrogen-bond acceptors (Lipinski definition) is 8. The van der Waals surface area contributed by atoms with Gasteiger partial charge in [-0.15, -0.1) is 18.3 Å². The molecule has 44 heavy (non-hydrogen) atoms. The summed E-state index contributed by atoms with van der Waals surface area (Å²) < 4.78 is 67.0. The maximum absolute atomic E-state index is 13.7. The fourth-order valence-corrected chi connectivity index (χ4v) is 6.06. The molecule has 0 aliphatic heterocycles. The summed E-state index contributed by atoms with van der Waals surface area (Å²) in [5.74, 6) is -0.851. The molecule has 1 fully saturated rings. The zero-order valence-electron chi connectivity index (χ0n) is 24.6. The molecule has 1 aliphatic carbocycles. The number of tetrazole rings is 1. The summed E-state index contributed by atoms with van der Waals surface area (Å²) in [7, 11) is -4.14. The smallest absolute Gasteiger partial charge is 0.404 e. The molecule has 0 unspecified atom stereocenters. The Kier molecular flexibility index (Phi) is 9.51. The Bertz CT molecular complexity index is 1570. The number of sulfone groups is 1. The topological polar surface area (TPSA) is 159 Å². The molecular formula is C28H34F3N7O5S. The van der Waals surface area contributed by atoms with Crippen molar-refractivity contribution in [2.75, 3.05) is 16.9 Å². The Balaban J connectivity index is 1.56. The highest BCUT2D eigenvalue weighted by molar-refractivity contribution is 7.90. The molecule has 0 saturated heterocycles. The molecule has 12 nitrogen and oxygen atoms in total. The van der Waals surface area contributed by atoms with Gasteiger partial charge in [0.15, 0.2) is 9.84 Å². The van der Waals surface area contributed by atoms with Gasteiger partial charge in [0.05, 0.1) is 0 Å². The number of ether oxygens (including phenoxy) is 1. The van der Waals surface area contributed by atoms with Crippen LogP contribution in [0.3, 0.4) is 0 Å². The second kappa shape index (κ2) is 12.8. The number of aromatic nitrogens is 4. The minimum atomic E-state index is -5.10. The number of alkyl halides is 3. The number of rotatable bonds is 8. The molecule has 4 rings (SSSR count). The van der Waals surface area contributed by atoms with E-state index in [1.54, 1.807) is 29.2 Å². The Morgan fingerprint density at radius 3 is 2.23 bits per heavy atom. The van der Waals surface area contributed by atoms with E-state index in [2.05, 4.69) is 56.8 Å². The van der Waals surface area contributed by atoms with Crippen molar-refractivity contribution in [1.29, 1.82) is 0 Å². The Morgan fingerprint density at radius 2 is 1.68 bits per heavy atom. The van der Waals surface area contributed by atoms with Crippen LogP contribution in [0.2, 0.25) is 0 Å². The first-order valence-corrected chi connectivity index (χ1v) is 15.7. The van der Waals surface area contributed by atoms with E-state index in [1.165, 1.54) is 0 Å². The summed E-state index contributed by atoms with van der Waals surface area (Å²) in [5.41, 5.74) is 1.15. The highest BCUT2D eigenvalue weighted by Gasteiger charge is 2.35. The fourth-order valence-electron chi connectivity index (χ4n) is 5.25. The average Bonchev–Trinajstić information content (AvgIpc) is 3.44. The van der Waals surface area contributed by atoms with E-state index >= 15 is 0 Å². The third-order valence-electron chi connectivity index (χ3n) is 7.58. The van der Waals surface area contributed by atoms with Crippen LogP contribution in [0, 0.1) is 11.3 Å². The zero-order chi connectivity index (χ0) is 32.3. The molecule has 16 heteroatoms. The van der Waals surface area contributed by atoms with Gasteiger partial charge in [0.2, 0.25) is 0 Å². The Morgan fingerprint density at radius 1 is 1.02 bits per heavy atom. The van der Waals surface area contributed by atoms with Crippen molar-refractivity contribution in [2.45, 2.75) is 70.3 Å². The number of nitrogens with one attached hydrogen (secondary N) is 3. The highest BCUT2D eigenvalue weighted by Crippen LogP contribution is 2.39. The number of halogens is 3. The van der Waals surface area contributed by atoms with Crippen LogP contribution < -0.4 is 15.4 Å². The molecule has 0 spiro atoms. The minimum absolute atomic E-state index is 0.00758. The van der Waals surface area contributed by atoms with Gasteiger partial charge in [0, 0.05) is 30.1 Å². The second-order valence-electron chi connectivity index (χ2n) is 11.8. The molecule has 1 aliphatic rings. The van der Waals surface area contributed by atoms with Crippen molar-refractivity contribution >= 4 is 33.4 Å². The van der Waals surface area contributed by atoms with E-state index in [-0.39, 0.29) is 29.6 Å². The van der Waals surface area contributed by atoms with Crippen molar-refractivity contribution in [2.24, 2.45) is 11.3 Å². The maximum Gasteiger partial charge on any atom is 0.573 e. The molecule has 1 aromatic heterocycles. The average molecular weight is 638 g/mol. The lowest BCUT2D eigenvalue weighted by molar-refractivity contribution is -0.275. The van der Waals surface area contributed by atoms with Crippen molar-refractivity contribution in [3.8, 4) is 5.75 Å². The highest BCUT2D eigenvalue weighted by atomic mass is 32.2. The number of benzene rings is 2. The van der Waals surface area contributed by atoms with Gasteiger partial charge in [-0.2, -0.15) is 5.21 Å². The third-order valence-corrected chi connectivity index (χ3v) is 8.70. The maximum atomic E-state index is 13.7. The lowest BCUT2D eigenvalue weighted by Crippen LogP contribution is -2.45. The van der Waals surface area contributed by atoms with Crippen LogP contribution in [0.25, 0.3) is 0 Å². The first kappa shape index (κ1) is 32.7. The van der Waals surface area contributed by atoms with Gasteiger partial charge in [-0.25, -0.2) is 13.2 Å². The van der Waals surface area contributed by atoms with E-state index in [0.29, 0.717) is 11.5 Å². The number of urea groups is 1. The van der Waals surface area contributed by atoms with Crippen molar-refractivity contribution in [1.82, 2.24) is 25.5 Å². The molecule has 3 aromatic rings. The Hall–Kier alpha value is -4.21. The molecule has 2 aromatic carbocycles. The van der Waals surface area contributed by atoms with Gasteiger partial charge < -0.3 is 15.0 Å². The summed E-state index contributed by atoms with van der Waals surface area (Å²) in [6.07, 6.45) is -1.09.